The molecule has 1 N–H and O–H groups in total. The molecule has 1 fully saturated rings. The molecule has 0 unspecified atom stereocenters. The lowest BCUT2D eigenvalue weighted by atomic mass is 10.1. The third kappa shape index (κ3) is 8.01. The number of hydrogen-bond acceptors (Lipinski definition) is 5. The van der Waals surface area contributed by atoms with Crippen LogP contribution < -0.4 is 19.7 Å². The Balaban J connectivity index is 0.000000211. The van der Waals surface area contributed by atoms with Gasteiger partial charge < -0.3 is 24.4 Å². The van der Waals surface area contributed by atoms with Crippen molar-refractivity contribution >= 4 is 16.5 Å². The summed E-state index contributed by atoms with van der Waals surface area (Å²) in [5.74, 6) is 1.84. The largest absolute Gasteiger partial charge is 0.497 e. The Labute approximate surface area is 214 Å². The summed E-state index contributed by atoms with van der Waals surface area (Å²) in [6, 6.07) is 33.0. The molecule has 5 heteroatoms. The molecular formula is C31H36N2O3. The van der Waals surface area contributed by atoms with Crippen molar-refractivity contribution in [3.05, 3.63) is 103 Å². The van der Waals surface area contributed by atoms with Crippen molar-refractivity contribution in [3.63, 3.8) is 0 Å². The number of fused-ring (bicyclic) bond motifs is 1. The van der Waals surface area contributed by atoms with Gasteiger partial charge in [0.15, 0.2) is 0 Å². The van der Waals surface area contributed by atoms with Crippen molar-refractivity contribution in [1.29, 1.82) is 0 Å². The van der Waals surface area contributed by atoms with Crippen molar-refractivity contribution in [3.8, 4) is 11.5 Å². The lowest BCUT2D eigenvalue weighted by Gasteiger charge is -2.29. The quantitative estimate of drug-likeness (QED) is 0.298. The smallest absolute Gasteiger partial charge is 0.119 e. The van der Waals surface area contributed by atoms with Gasteiger partial charge in [-0.2, -0.15) is 0 Å². The van der Waals surface area contributed by atoms with Gasteiger partial charge in [0.25, 0.3) is 0 Å². The number of hydrogen-bond donors (Lipinski definition) is 1. The Bertz CT molecular complexity index is 1160. The zero-order chi connectivity index (χ0) is 24.8. The number of nitrogens with one attached hydrogen (secondary N) is 1. The molecular weight excluding hydrogens is 448 g/mol. The number of benzene rings is 4. The molecule has 0 spiro atoms. The summed E-state index contributed by atoms with van der Waals surface area (Å²) in [7, 11) is 1.68. The molecule has 0 amide bonds. The van der Waals surface area contributed by atoms with E-state index in [1.165, 1.54) is 22.0 Å². The van der Waals surface area contributed by atoms with Gasteiger partial charge >= 0.3 is 0 Å². The van der Waals surface area contributed by atoms with Crippen LogP contribution in [0.1, 0.15) is 12.0 Å². The number of ether oxygens (including phenoxy) is 3. The maximum Gasteiger partial charge on any atom is 0.119 e. The molecule has 4 aromatic carbocycles. The van der Waals surface area contributed by atoms with Crippen molar-refractivity contribution < 1.29 is 14.2 Å². The van der Waals surface area contributed by atoms with Crippen molar-refractivity contribution in [1.82, 2.24) is 5.32 Å². The van der Waals surface area contributed by atoms with E-state index < -0.39 is 0 Å². The third-order valence-electron chi connectivity index (χ3n) is 6.09. The Kier molecular flexibility index (Phi) is 10.0. The van der Waals surface area contributed by atoms with E-state index in [1.807, 2.05) is 42.5 Å². The van der Waals surface area contributed by atoms with E-state index in [4.69, 9.17) is 14.2 Å². The minimum absolute atomic E-state index is 0.667. The summed E-state index contributed by atoms with van der Waals surface area (Å²) in [6.07, 6.45) is 0.895. The molecule has 1 saturated heterocycles. The summed E-state index contributed by atoms with van der Waals surface area (Å²) in [4.78, 5) is 2.40. The van der Waals surface area contributed by atoms with Crippen LogP contribution in [0.5, 0.6) is 11.5 Å². The highest BCUT2D eigenvalue weighted by Gasteiger charge is 2.09. The SMILES string of the molecule is COc1ccc2ccccc2c1.c1ccc(COCCCOc2ccc(N3CCNCC3)cc2)cc1. The highest BCUT2D eigenvalue weighted by molar-refractivity contribution is 5.83. The molecule has 0 saturated carbocycles. The summed E-state index contributed by atoms with van der Waals surface area (Å²) >= 11 is 0. The van der Waals surface area contributed by atoms with Crippen LogP contribution in [-0.2, 0) is 11.3 Å². The second-order valence-electron chi connectivity index (χ2n) is 8.68. The monoisotopic (exact) mass is 484 g/mol. The lowest BCUT2D eigenvalue weighted by molar-refractivity contribution is 0.107. The first kappa shape index (κ1) is 25.5. The summed E-state index contributed by atoms with van der Waals surface area (Å²) in [5, 5.41) is 5.84. The topological polar surface area (TPSA) is 43.0 Å². The molecule has 0 aromatic heterocycles. The van der Waals surface area contributed by atoms with Gasteiger partial charge in [0.2, 0.25) is 0 Å². The molecule has 5 rings (SSSR count). The van der Waals surface area contributed by atoms with E-state index >= 15 is 0 Å². The van der Waals surface area contributed by atoms with Crippen LogP contribution in [0.3, 0.4) is 0 Å². The fourth-order valence-corrected chi connectivity index (χ4v) is 4.09. The molecule has 5 nitrogen and oxygen atoms in total. The number of methoxy groups -OCH3 is 1. The molecule has 0 aliphatic carbocycles. The van der Waals surface area contributed by atoms with E-state index in [2.05, 4.69) is 64.8 Å². The van der Waals surface area contributed by atoms with E-state index in [0.717, 1.165) is 44.1 Å². The second kappa shape index (κ2) is 14.1. The predicted molar refractivity (Wildman–Crippen MR) is 148 cm³/mol. The first-order valence-corrected chi connectivity index (χ1v) is 12.6. The predicted octanol–water partition coefficient (Wildman–Crippen LogP) is 5.93. The van der Waals surface area contributed by atoms with Crippen LogP contribution >= 0.6 is 0 Å². The maximum absolute atomic E-state index is 5.79. The third-order valence-corrected chi connectivity index (χ3v) is 6.09. The maximum atomic E-state index is 5.79. The van der Waals surface area contributed by atoms with Gasteiger partial charge in [-0.25, -0.2) is 0 Å². The normalized spacial score (nSPS) is 13.1. The van der Waals surface area contributed by atoms with Crippen molar-refractivity contribution in [2.24, 2.45) is 0 Å². The van der Waals surface area contributed by atoms with Crippen LogP contribution in [0.2, 0.25) is 0 Å². The second-order valence-corrected chi connectivity index (χ2v) is 8.68. The summed E-state index contributed by atoms with van der Waals surface area (Å²) < 4.78 is 16.6. The van der Waals surface area contributed by atoms with Crippen LogP contribution in [0, 0.1) is 0 Å². The first-order chi connectivity index (χ1) is 17.8. The molecule has 4 aromatic rings. The van der Waals surface area contributed by atoms with Crippen molar-refractivity contribution in [2.45, 2.75) is 13.0 Å². The number of piperazine rings is 1. The molecule has 188 valence electrons. The number of nitrogens with zero attached hydrogens (tertiary/aromatic N) is 1. The van der Waals surface area contributed by atoms with E-state index in [0.29, 0.717) is 19.8 Å². The fraction of sp³-hybridized carbons (Fsp3) is 0.290. The van der Waals surface area contributed by atoms with Gasteiger partial charge in [-0.15, -0.1) is 0 Å². The first-order valence-electron chi connectivity index (χ1n) is 12.6. The minimum Gasteiger partial charge on any atom is -0.497 e. The average Bonchev–Trinajstić information content (AvgIpc) is 2.96. The number of rotatable bonds is 9. The Morgan fingerprint density at radius 2 is 1.42 bits per heavy atom. The summed E-state index contributed by atoms with van der Waals surface area (Å²) in [6.45, 7) is 6.32. The van der Waals surface area contributed by atoms with Crippen LogP contribution in [0.25, 0.3) is 10.8 Å². The van der Waals surface area contributed by atoms with Gasteiger partial charge in [-0.3, -0.25) is 0 Å². The standard InChI is InChI=1S/C20H26N2O2.C11H10O/c1-2-5-18(6-3-1)17-23-15-4-16-24-20-9-7-19(8-10-20)22-13-11-21-12-14-22;1-12-11-7-6-9-4-2-3-5-10(9)8-11/h1-3,5-10,21H,4,11-17H2;2-8H,1H3. The molecule has 1 heterocycles. The van der Waals surface area contributed by atoms with Gasteiger partial charge in [0.1, 0.15) is 11.5 Å². The molecule has 36 heavy (non-hydrogen) atoms. The molecule has 0 bridgehead atoms. The lowest BCUT2D eigenvalue weighted by Crippen LogP contribution is -2.43. The Morgan fingerprint density at radius 3 is 2.17 bits per heavy atom. The van der Waals surface area contributed by atoms with E-state index in [1.54, 1.807) is 7.11 Å². The molecule has 0 atom stereocenters. The number of anilines is 1. The Morgan fingerprint density at radius 1 is 0.722 bits per heavy atom. The molecule has 1 aliphatic rings. The van der Waals surface area contributed by atoms with Crippen molar-refractivity contribution in [2.75, 3.05) is 51.4 Å². The van der Waals surface area contributed by atoms with Crippen LogP contribution in [-0.4, -0.2) is 46.5 Å². The highest BCUT2D eigenvalue weighted by atomic mass is 16.5. The van der Waals surface area contributed by atoms with Gasteiger partial charge in [0, 0.05) is 38.3 Å². The highest BCUT2D eigenvalue weighted by Crippen LogP contribution is 2.21. The van der Waals surface area contributed by atoms with Crippen LogP contribution in [0.4, 0.5) is 5.69 Å². The average molecular weight is 485 g/mol. The van der Waals surface area contributed by atoms with Crippen LogP contribution in [0.15, 0.2) is 97.1 Å². The van der Waals surface area contributed by atoms with Gasteiger partial charge in [-0.05, 0) is 52.7 Å². The van der Waals surface area contributed by atoms with E-state index in [9.17, 15) is 0 Å². The fourth-order valence-electron chi connectivity index (χ4n) is 4.09. The Hall–Kier alpha value is -3.54. The zero-order valence-electron chi connectivity index (χ0n) is 21.1. The van der Waals surface area contributed by atoms with E-state index in [-0.39, 0.29) is 0 Å². The zero-order valence-corrected chi connectivity index (χ0v) is 21.1. The van der Waals surface area contributed by atoms with Gasteiger partial charge in [0.05, 0.1) is 26.9 Å². The molecule has 1 aliphatic heterocycles. The summed E-state index contributed by atoms with van der Waals surface area (Å²) in [5.41, 5.74) is 2.48. The molecule has 0 radical (unpaired) electrons. The minimum atomic E-state index is 0.667. The van der Waals surface area contributed by atoms with Gasteiger partial charge in [-0.1, -0.05) is 60.7 Å².